The van der Waals surface area contributed by atoms with Crippen molar-refractivity contribution in [2.45, 2.75) is 25.1 Å². The third-order valence-electron chi connectivity index (χ3n) is 3.10. The van der Waals surface area contributed by atoms with Crippen LogP contribution < -0.4 is 5.32 Å². The zero-order valence-corrected chi connectivity index (χ0v) is 12.3. The Bertz CT molecular complexity index is 634. The lowest BCUT2D eigenvalue weighted by Gasteiger charge is -2.21. The number of carbonyl (C=O) groups excluding carboxylic acids is 1. The molecule has 0 spiro atoms. The number of amides is 1. The van der Waals surface area contributed by atoms with Gasteiger partial charge in [0.1, 0.15) is 4.75 Å². The highest BCUT2D eigenvalue weighted by Gasteiger charge is 2.38. The van der Waals surface area contributed by atoms with Crippen molar-refractivity contribution in [1.82, 2.24) is 5.32 Å². The van der Waals surface area contributed by atoms with Gasteiger partial charge in [0.05, 0.1) is 5.56 Å². The SMILES string of the molecule is CC(C)(C(=O)NCc1cccc(C(=O)O)c1)S(C)(=O)=O. The van der Waals surface area contributed by atoms with E-state index in [2.05, 4.69) is 5.32 Å². The average molecular weight is 299 g/mol. The normalized spacial score (nSPS) is 11.9. The molecule has 0 aliphatic carbocycles. The number of nitrogens with one attached hydrogen (secondary N) is 1. The van der Waals surface area contributed by atoms with Crippen molar-refractivity contribution in [3.8, 4) is 0 Å². The Balaban J connectivity index is 2.80. The van der Waals surface area contributed by atoms with Crippen LogP contribution in [0.3, 0.4) is 0 Å². The van der Waals surface area contributed by atoms with Gasteiger partial charge in [0.2, 0.25) is 5.91 Å². The highest BCUT2D eigenvalue weighted by molar-refractivity contribution is 7.92. The molecule has 110 valence electrons. The van der Waals surface area contributed by atoms with Gasteiger partial charge >= 0.3 is 5.97 Å². The van der Waals surface area contributed by atoms with Crippen LogP contribution in [0.15, 0.2) is 24.3 Å². The molecule has 0 saturated heterocycles. The van der Waals surface area contributed by atoms with E-state index >= 15 is 0 Å². The van der Waals surface area contributed by atoms with E-state index in [1.54, 1.807) is 12.1 Å². The molecule has 6 nitrogen and oxygen atoms in total. The Morgan fingerprint density at radius 1 is 1.30 bits per heavy atom. The van der Waals surface area contributed by atoms with Crippen molar-refractivity contribution >= 4 is 21.7 Å². The monoisotopic (exact) mass is 299 g/mol. The second-order valence-electron chi connectivity index (χ2n) is 4.97. The Morgan fingerprint density at radius 3 is 2.40 bits per heavy atom. The van der Waals surface area contributed by atoms with Crippen molar-refractivity contribution in [2.75, 3.05) is 6.26 Å². The quantitative estimate of drug-likeness (QED) is 0.838. The summed E-state index contributed by atoms with van der Waals surface area (Å²) in [5.74, 6) is -1.68. The lowest BCUT2D eigenvalue weighted by Crippen LogP contribution is -2.47. The van der Waals surface area contributed by atoms with Crippen LogP contribution in [0.4, 0.5) is 0 Å². The summed E-state index contributed by atoms with van der Waals surface area (Å²) in [5.41, 5.74) is 0.696. The molecule has 0 fully saturated rings. The molecule has 0 unspecified atom stereocenters. The van der Waals surface area contributed by atoms with E-state index in [0.717, 1.165) is 6.26 Å². The number of carbonyl (C=O) groups is 2. The first-order valence-corrected chi connectivity index (χ1v) is 7.75. The second kappa shape index (κ2) is 5.62. The van der Waals surface area contributed by atoms with E-state index < -0.39 is 26.5 Å². The van der Waals surface area contributed by atoms with Crippen LogP contribution in [-0.2, 0) is 21.2 Å². The van der Waals surface area contributed by atoms with E-state index in [-0.39, 0.29) is 12.1 Å². The van der Waals surface area contributed by atoms with Gasteiger partial charge in [-0.3, -0.25) is 4.79 Å². The molecule has 0 aromatic heterocycles. The van der Waals surface area contributed by atoms with Crippen molar-refractivity contribution in [3.05, 3.63) is 35.4 Å². The molecule has 0 atom stereocenters. The molecular weight excluding hydrogens is 282 g/mol. The highest BCUT2D eigenvalue weighted by atomic mass is 32.2. The van der Waals surface area contributed by atoms with Crippen molar-refractivity contribution in [2.24, 2.45) is 0 Å². The summed E-state index contributed by atoms with van der Waals surface area (Å²) < 4.78 is 21.5. The Hall–Kier alpha value is -1.89. The molecule has 0 bridgehead atoms. The van der Waals surface area contributed by atoms with Crippen LogP contribution in [-0.4, -0.2) is 36.4 Å². The largest absolute Gasteiger partial charge is 0.478 e. The summed E-state index contributed by atoms with van der Waals surface area (Å²) in [6.45, 7) is 2.72. The first-order chi connectivity index (χ1) is 9.05. The molecule has 7 heteroatoms. The molecular formula is C13H17NO5S. The summed E-state index contributed by atoms with van der Waals surface area (Å²) >= 11 is 0. The highest BCUT2D eigenvalue weighted by Crippen LogP contribution is 2.15. The van der Waals surface area contributed by atoms with Crippen molar-refractivity contribution < 1.29 is 23.1 Å². The van der Waals surface area contributed by atoms with Crippen LogP contribution in [0.5, 0.6) is 0 Å². The van der Waals surface area contributed by atoms with Crippen LogP contribution in [0, 0.1) is 0 Å². The number of aromatic carboxylic acids is 1. The van der Waals surface area contributed by atoms with E-state index in [1.807, 2.05) is 0 Å². The molecule has 0 saturated carbocycles. The number of rotatable bonds is 5. The standard InChI is InChI=1S/C13H17NO5S/c1-13(2,20(3,18)19)12(17)14-8-9-5-4-6-10(7-9)11(15)16/h4-7H,8H2,1-3H3,(H,14,17)(H,15,16). The number of hydrogen-bond donors (Lipinski definition) is 2. The molecule has 2 N–H and O–H groups in total. The number of carboxylic acid groups (broad SMARTS) is 1. The van der Waals surface area contributed by atoms with Crippen molar-refractivity contribution in [1.29, 1.82) is 0 Å². The molecule has 0 aliphatic heterocycles. The van der Waals surface area contributed by atoms with Crippen LogP contribution in [0.25, 0.3) is 0 Å². The third kappa shape index (κ3) is 3.57. The summed E-state index contributed by atoms with van der Waals surface area (Å²) in [6.07, 6.45) is 0.998. The van der Waals surface area contributed by atoms with Gasteiger partial charge in [0, 0.05) is 12.8 Å². The zero-order valence-electron chi connectivity index (χ0n) is 11.5. The predicted molar refractivity (Wildman–Crippen MR) is 74.2 cm³/mol. The lowest BCUT2D eigenvalue weighted by molar-refractivity contribution is -0.123. The summed E-state index contributed by atoms with van der Waals surface area (Å²) in [5, 5.41) is 11.4. The van der Waals surface area contributed by atoms with Gasteiger partial charge in [0.25, 0.3) is 0 Å². The molecule has 1 aromatic rings. The maximum atomic E-state index is 11.9. The van der Waals surface area contributed by atoms with Gasteiger partial charge < -0.3 is 10.4 Å². The van der Waals surface area contributed by atoms with Gasteiger partial charge in [-0.05, 0) is 31.5 Å². The summed E-state index contributed by atoms with van der Waals surface area (Å²) in [7, 11) is -3.53. The fourth-order valence-electron chi connectivity index (χ4n) is 1.38. The molecule has 0 radical (unpaired) electrons. The van der Waals surface area contributed by atoms with E-state index in [9.17, 15) is 18.0 Å². The van der Waals surface area contributed by atoms with Crippen molar-refractivity contribution in [3.63, 3.8) is 0 Å². The molecule has 0 aliphatic rings. The minimum Gasteiger partial charge on any atom is -0.478 e. The molecule has 1 rings (SSSR count). The topological polar surface area (TPSA) is 101 Å². The lowest BCUT2D eigenvalue weighted by atomic mass is 10.1. The number of benzene rings is 1. The minimum atomic E-state index is -3.53. The fraction of sp³-hybridized carbons (Fsp3) is 0.385. The van der Waals surface area contributed by atoms with Gasteiger partial charge in [-0.1, -0.05) is 12.1 Å². The van der Waals surface area contributed by atoms with Crippen LogP contribution in [0.1, 0.15) is 29.8 Å². The third-order valence-corrected chi connectivity index (χ3v) is 5.14. The van der Waals surface area contributed by atoms with Crippen LogP contribution in [0.2, 0.25) is 0 Å². The Morgan fingerprint density at radius 2 is 1.90 bits per heavy atom. The predicted octanol–water partition coefficient (Wildman–Crippen LogP) is 0.824. The number of sulfone groups is 1. The second-order valence-corrected chi connectivity index (χ2v) is 7.54. The van der Waals surface area contributed by atoms with E-state index in [4.69, 9.17) is 5.11 Å². The molecule has 1 amide bonds. The minimum absolute atomic E-state index is 0.0684. The Labute approximate surface area is 117 Å². The molecule has 20 heavy (non-hydrogen) atoms. The first-order valence-electron chi connectivity index (χ1n) is 5.86. The maximum Gasteiger partial charge on any atom is 0.335 e. The van der Waals surface area contributed by atoms with Crippen LogP contribution >= 0.6 is 0 Å². The van der Waals surface area contributed by atoms with E-state index in [1.165, 1.54) is 26.0 Å². The van der Waals surface area contributed by atoms with Gasteiger partial charge in [-0.15, -0.1) is 0 Å². The molecule has 0 heterocycles. The fourth-order valence-corrected chi connectivity index (χ4v) is 1.79. The van der Waals surface area contributed by atoms with E-state index in [0.29, 0.717) is 5.56 Å². The maximum absolute atomic E-state index is 11.9. The van der Waals surface area contributed by atoms with Gasteiger partial charge in [0.15, 0.2) is 9.84 Å². The summed E-state index contributed by atoms with van der Waals surface area (Å²) in [6, 6.07) is 6.08. The van der Waals surface area contributed by atoms with Gasteiger partial charge in [-0.25, -0.2) is 13.2 Å². The van der Waals surface area contributed by atoms with Gasteiger partial charge in [-0.2, -0.15) is 0 Å². The first kappa shape index (κ1) is 16.2. The molecule has 1 aromatic carbocycles. The Kier molecular flexibility index (Phi) is 4.54. The zero-order chi connectivity index (χ0) is 15.6. The smallest absolute Gasteiger partial charge is 0.335 e. The summed E-state index contributed by atoms with van der Waals surface area (Å²) in [4.78, 5) is 22.7. The number of carboxylic acids is 1. The average Bonchev–Trinajstić information content (AvgIpc) is 2.34. The number of hydrogen-bond acceptors (Lipinski definition) is 4.